The molecule has 1 aliphatic heterocycles. The van der Waals surface area contributed by atoms with Gasteiger partial charge in [0.15, 0.2) is 0 Å². The summed E-state index contributed by atoms with van der Waals surface area (Å²) in [5, 5.41) is 9.91. The number of alkyl halides is 3. The number of hydrogen-bond acceptors (Lipinski definition) is 5. The van der Waals surface area contributed by atoms with E-state index in [9.17, 15) is 22.8 Å². The van der Waals surface area contributed by atoms with Crippen LogP contribution in [-0.4, -0.2) is 27.2 Å². The van der Waals surface area contributed by atoms with Crippen molar-refractivity contribution >= 4 is 17.4 Å². The summed E-state index contributed by atoms with van der Waals surface area (Å²) in [5.74, 6) is -0.165. The van der Waals surface area contributed by atoms with E-state index >= 15 is 0 Å². The highest BCUT2D eigenvalue weighted by atomic mass is 35.5. The zero-order valence-electron chi connectivity index (χ0n) is 22.3. The lowest BCUT2D eigenvalue weighted by Crippen LogP contribution is -2.46. The third kappa shape index (κ3) is 4.82. The molecule has 3 heterocycles. The summed E-state index contributed by atoms with van der Waals surface area (Å²) in [6.45, 7) is 2.12. The molecular formula is C31H24ClF4N5O. The van der Waals surface area contributed by atoms with Crippen LogP contribution in [0.3, 0.4) is 0 Å². The molecule has 0 saturated carbocycles. The van der Waals surface area contributed by atoms with Gasteiger partial charge in [-0.2, -0.15) is 18.4 Å². The largest absolute Gasteiger partial charge is 0.417 e. The number of nitriles is 1. The highest BCUT2D eigenvalue weighted by Crippen LogP contribution is 2.56. The molecule has 3 atom stereocenters. The number of ether oxygens (including phenoxy) is 1. The Hall–Kier alpha value is -4.20. The Morgan fingerprint density at radius 2 is 1.95 bits per heavy atom. The van der Waals surface area contributed by atoms with Crippen molar-refractivity contribution in [3.05, 3.63) is 118 Å². The van der Waals surface area contributed by atoms with Crippen molar-refractivity contribution in [1.29, 1.82) is 5.26 Å². The number of benzene rings is 2. The number of hydrogen-bond donors (Lipinski definition) is 0. The molecule has 1 fully saturated rings. The van der Waals surface area contributed by atoms with E-state index in [0.29, 0.717) is 31.1 Å². The van der Waals surface area contributed by atoms with E-state index in [1.54, 1.807) is 34.0 Å². The van der Waals surface area contributed by atoms with Crippen LogP contribution in [0.1, 0.15) is 40.7 Å². The van der Waals surface area contributed by atoms with Crippen molar-refractivity contribution in [2.45, 2.75) is 38.2 Å². The average Bonchev–Trinajstić information content (AvgIpc) is 3.51. The summed E-state index contributed by atoms with van der Waals surface area (Å²) in [5.41, 5.74) is -0.518. The van der Waals surface area contributed by atoms with Gasteiger partial charge in [-0.25, -0.2) is 14.4 Å². The molecular weight excluding hydrogens is 570 g/mol. The fraction of sp³-hybridized carbons (Fsp3) is 0.258. The van der Waals surface area contributed by atoms with Crippen molar-refractivity contribution in [3.8, 4) is 11.8 Å². The van der Waals surface area contributed by atoms with Gasteiger partial charge in [0, 0.05) is 29.2 Å². The van der Waals surface area contributed by atoms with E-state index in [-0.39, 0.29) is 16.5 Å². The van der Waals surface area contributed by atoms with E-state index < -0.39 is 40.6 Å². The van der Waals surface area contributed by atoms with Crippen LogP contribution in [0.4, 0.5) is 23.4 Å². The number of halogens is 5. The first kappa shape index (κ1) is 27.9. The monoisotopic (exact) mass is 593 g/mol. The minimum atomic E-state index is -4.75. The summed E-state index contributed by atoms with van der Waals surface area (Å²) in [7, 11) is 0. The Morgan fingerprint density at radius 1 is 1.17 bits per heavy atom. The zero-order valence-corrected chi connectivity index (χ0v) is 23.1. The first-order valence-electron chi connectivity index (χ1n) is 13.2. The van der Waals surface area contributed by atoms with Gasteiger partial charge in [0.2, 0.25) is 0 Å². The van der Waals surface area contributed by atoms with E-state index in [0.717, 1.165) is 11.6 Å². The van der Waals surface area contributed by atoms with Crippen LogP contribution >= 0.6 is 11.6 Å². The normalized spacial score (nSPS) is 21.2. The highest BCUT2D eigenvalue weighted by molar-refractivity contribution is 6.30. The van der Waals surface area contributed by atoms with Crippen LogP contribution in [0.25, 0.3) is 5.69 Å². The predicted octanol–water partition coefficient (Wildman–Crippen LogP) is 7.35. The number of nitrogens with zero attached hydrogens (tertiary/aromatic N) is 5. The van der Waals surface area contributed by atoms with Gasteiger partial charge < -0.3 is 14.2 Å². The van der Waals surface area contributed by atoms with Crippen molar-refractivity contribution in [2.75, 3.05) is 11.5 Å². The van der Waals surface area contributed by atoms with Crippen LogP contribution in [0.5, 0.6) is 0 Å². The maximum atomic E-state index is 14.1. The Balaban J connectivity index is 1.45. The lowest BCUT2D eigenvalue weighted by Gasteiger charge is -2.41. The molecule has 0 amide bonds. The molecule has 1 aliphatic carbocycles. The van der Waals surface area contributed by atoms with Crippen LogP contribution in [0, 0.1) is 29.5 Å². The second-order valence-corrected chi connectivity index (χ2v) is 10.9. The molecule has 42 heavy (non-hydrogen) atoms. The predicted molar refractivity (Wildman–Crippen MR) is 149 cm³/mol. The number of fused-ring (bicyclic) bond motifs is 1. The summed E-state index contributed by atoms with van der Waals surface area (Å²) < 4.78 is 64.2. The van der Waals surface area contributed by atoms with Crippen molar-refractivity contribution in [1.82, 2.24) is 14.5 Å². The summed E-state index contributed by atoms with van der Waals surface area (Å²) in [4.78, 5) is 10.8. The molecule has 2 aromatic carbocycles. The summed E-state index contributed by atoms with van der Waals surface area (Å²) >= 11 is 6.07. The molecule has 0 spiro atoms. The first-order valence-corrected chi connectivity index (χ1v) is 13.6. The maximum Gasteiger partial charge on any atom is 0.417 e. The molecule has 0 bridgehead atoms. The van der Waals surface area contributed by atoms with Gasteiger partial charge in [0.25, 0.3) is 0 Å². The smallest absolute Gasteiger partial charge is 0.376 e. The molecule has 11 heteroatoms. The number of rotatable bonds is 7. The second-order valence-electron chi connectivity index (χ2n) is 10.5. The standard InChI is InChI=1S/C31H24ClF4N5O/c1-19-13-23(31(34,35)36)22(16-37)28(39-19)41-26(29-38-11-12-40(29)21-7-8-25(33)24(32)14-21)15-30(10-9-27(30)41)18-42-17-20-5-3-2-4-6-20/h2-14,26-27H,15,17-18H2,1H3/t26-,27+,30+/m0/s1. The Morgan fingerprint density at radius 3 is 2.62 bits per heavy atom. The molecule has 6 nitrogen and oxygen atoms in total. The van der Waals surface area contributed by atoms with Gasteiger partial charge in [-0.3, -0.25) is 0 Å². The molecule has 6 rings (SSSR count). The van der Waals surface area contributed by atoms with Crippen molar-refractivity contribution in [2.24, 2.45) is 5.41 Å². The fourth-order valence-corrected chi connectivity index (χ4v) is 6.05. The lowest BCUT2D eigenvalue weighted by molar-refractivity contribution is -0.137. The molecule has 4 aromatic rings. The fourth-order valence-electron chi connectivity index (χ4n) is 5.88. The van der Waals surface area contributed by atoms with Gasteiger partial charge in [-0.1, -0.05) is 54.1 Å². The van der Waals surface area contributed by atoms with Crippen LogP contribution in [0.2, 0.25) is 5.02 Å². The van der Waals surface area contributed by atoms with Gasteiger partial charge in [-0.15, -0.1) is 0 Å². The SMILES string of the molecule is Cc1cc(C(F)(F)F)c(C#N)c(N2[C@H](c3nccn3-c3ccc(F)c(Cl)c3)C[C@@]3(COCc4ccccc4)C=C[C@@H]23)n1. The third-order valence-electron chi connectivity index (χ3n) is 7.83. The topological polar surface area (TPSA) is 67.0 Å². The van der Waals surface area contributed by atoms with Crippen LogP contribution < -0.4 is 4.90 Å². The summed E-state index contributed by atoms with van der Waals surface area (Å²) in [6, 6.07) is 15.5. The van der Waals surface area contributed by atoms with Crippen molar-refractivity contribution < 1.29 is 22.3 Å². The van der Waals surface area contributed by atoms with Gasteiger partial charge in [-0.05, 0) is 43.2 Å². The molecule has 0 unspecified atom stereocenters. The maximum absolute atomic E-state index is 14.1. The minimum Gasteiger partial charge on any atom is -0.376 e. The first-order chi connectivity index (χ1) is 20.1. The Labute approximate surface area is 244 Å². The minimum absolute atomic E-state index is 0.0687. The van der Waals surface area contributed by atoms with Gasteiger partial charge >= 0.3 is 6.18 Å². The molecule has 0 N–H and O–H groups in total. The Bertz CT molecular complexity index is 1710. The molecule has 2 aliphatic rings. The Kier molecular flexibility index (Phi) is 7.03. The van der Waals surface area contributed by atoms with Gasteiger partial charge in [0.05, 0.1) is 35.9 Å². The number of anilines is 1. The number of imidazole rings is 1. The van der Waals surface area contributed by atoms with E-state index in [4.69, 9.17) is 16.3 Å². The van der Waals surface area contributed by atoms with Crippen LogP contribution in [-0.2, 0) is 17.5 Å². The quantitative estimate of drug-likeness (QED) is 0.166. The second kappa shape index (κ2) is 10.6. The molecule has 0 radical (unpaired) electrons. The average molecular weight is 594 g/mol. The highest BCUT2D eigenvalue weighted by Gasteiger charge is 2.57. The number of aromatic nitrogens is 3. The number of pyridine rings is 1. The molecule has 1 saturated heterocycles. The number of aryl methyl sites for hydroxylation is 1. The molecule has 214 valence electrons. The third-order valence-corrected chi connectivity index (χ3v) is 8.12. The van der Waals surface area contributed by atoms with E-state index in [2.05, 4.69) is 9.97 Å². The van der Waals surface area contributed by atoms with Crippen molar-refractivity contribution in [3.63, 3.8) is 0 Å². The van der Waals surface area contributed by atoms with E-state index in [1.165, 1.54) is 19.1 Å². The lowest BCUT2D eigenvalue weighted by atomic mass is 9.72. The van der Waals surface area contributed by atoms with Gasteiger partial charge in [0.1, 0.15) is 29.1 Å². The molecule has 2 aromatic heterocycles. The van der Waals surface area contributed by atoms with E-state index in [1.807, 2.05) is 42.5 Å². The van der Waals surface area contributed by atoms with Crippen LogP contribution in [0.15, 0.2) is 79.1 Å². The summed E-state index contributed by atoms with van der Waals surface area (Å²) in [6.07, 6.45) is 2.82. The zero-order chi connectivity index (χ0) is 29.6.